The van der Waals surface area contributed by atoms with Crippen LogP contribution in [-0.2, 0) is 5.60 Å². The third-order valence-electron chi connectivity index (χ3n) is 3.11. The van der Waals surface area contributed by atoms with E-state index < -0.39 is 17.9 Å². The number of aliphatic hydroxyl groups is 1. The predicted octanol–water partition coefficient (Wildman–Crippen LogP) is 4.23. The summed E-state index contributed by atoms with van der Waals surface area (Å²) in [6, 6.07) is 6.43. The summed E-state index contributed by atoms with van der Waals surface area (Å²) in [6.45, 7) is 3.23. The van der Waals surface area contributed by atoms with Crippen LogP contribution in [0.1, 0.15) is 32.3 Å². The van der Waals surface area contributed by atoms with Crippen molar-refractivity contribution in [3.8, 4) is 0 Å². The number of halogens is 3. The second-order valence-corrected chi connectivity index (χ2v) is 4.74. The Morgan fingerprint density at radius 2 is 1.82 bits per heavy atom. The molecule has 1 aromatic carbocycles. The molecule has 0 aliphatic heterocycles. The van der Waals surface area contributed by atoms with Gasteiger partial charge in [0.15, 0.2) is 0 Å². The first-order valence-corrected chi connectivity index (χ1v) is 6.06. The van der Waals surface area contributed by atoms with E-state index in [0.717, 1.165) is 0 Å². The van der Waals surface area contributed by atoms with E-state index in [1.807, 2.05) is 6.92 Å². The van der Waals surface area contributed by atoms with Crippen molar-refractivity contribution in [2.45, 2.75) is 38.7 Å². The van der Waals surface area contributed by atoms with Crippen molar-refractivity contribution in [2.24, 2.45) is 5.92 Å². The highest BCUT2D eigenvalue weighted by Crippen LogP contribution is 2.37. The van der Waals surface area contributed by atoms with Gasteiger partial charge in [-0.1, -0.05) is 44.0 Å². The Morgan fingerprint density at radius 1 is 1.29 bits per heavy atom. The monoisotopic (exact) mass is 262 g/mol. The van der Waals surface area contributed by atoms with Crippen LogP contribution >= 0.6 is 11.6 Å². The van der Waals surface area contributed by atoms with E-state index in [-0.39, 0.29) is 0 Å². The molecule has 2 atom stereocenters. The van der Waals surface area contributed by atoms with Crippen LogP contribution in [0.25, 0.3) is 0 Å². The molecule has 0 saturated carbocycles. The van der Waals surface area contributed by atoms with Gasteiger partial charge in [0.2, 0.25) is 6.43 Å². The minimum atomic E-state index is -2.55. The second kappa shape index (κ2) is 5.78. The second-order valence-electron chi connectivity index (χ2n) is 4.30. The Bertz CT molecular complexity index is 353. The van der Waals surface area contributed by atoms with Gasteiger partial charge in [-0.3, -0.25) is 0 Å². The van der Waals surface area contributed by atoms with Crippen LogP contribution in [-0.4, -0.2) is 11.5 Å². The number of benzene rings is 1. The summed E-state index contributed by atoms with van der Waals surface area (Å²) in [5.74, 6) is -1.11. The normalized spacial score (nSPS) is 16.9. The van der Waals surface area contributed by atoms with Crippen LogP contribution in [0.15, 0.2) is 24.3 Å². The Balaban J connectivity index is 3.10. The molecule has 1 nitrogen and oxygen atoms in total. The maximum absolute atomic E-state index is 12.8. The van der Waals surface area contributed by atoms with Gasteiger partial charge in [-0.15, -0.1) is 0 Å². The molecule has 0 spiro atoms. The van der Waals surface area contributed by atoms with E-state index in [2.05, 4.69) is 0 Å². The molecule has 1 aromatic rings. The molecule has 0 radical (unpaired) electrons. The molecule has 0 aliphatic carbocycles. The summed E-state index contributed by atoms with van der Waals surface area (Å²) in [7, 11) is 0. The molecule has 0 amide bonds. The molecule has 0 bridgehead atoms. The Morgan fingerprint density at radius 3 is 2.24 bits per heavy atom. The topological polar surface area (TPSA) is 20.2 Å². The number of alkyl halides is 2. The van der Waals surface area contributed by atoms with Gasteiger partial charge in [0, 0.05) is 5.02 Å². The van der Waals surface area contributed by atoms with Crippen molar-refractivity contribution in [2.75, 3.05) is 0 Å². The van der Waals surface area contributed by atoms with Gasteiger partial charge in [-0.25, -0.2) is 8.78 Å². The first kappa shape index (κ1) is 14.4. The van der Waals surface area contributed by atoms with Gasteiger partial charge in [-0.05, 0) is 24.1 Å². The summed E-state index contributed by atoms with van der Waals surface area (Å²) in [5, 5.41) is 11.0. The number of hydrogen-bond acceptors (Lipinski definition) is 1. The van der Waals surface area contributed by atoms with Crippen molar-refractivity contribution < 1.29 is 13.9 Å². The minimum Gasteiger partial charge on any atom is -0.385 e. The average Bonchev–Trinajstić information content (AvgIpc) is 2.28. The average molecular weight is 263 g/mol. The number of hydrogen-bond donors (Lipinski definition) is 1. The summed E-state index contributed by atoms with van der Waals surface area (Å²) in [4.78, 5) is 0. The first-order valence-electron chi connectivity index (χ1n) is 5.68. The van der Waals surface area contributed by atoms with Crippen molar-refractivity contribution in [1.82, 2.24) is 0 Å². The van der Waals surface area contributed by atoms with Crippen molar-refractivity contribution >= 4 is 11.6 Å². The Labute approximate surface area is 105 Å². The SMILES string of the molecule is CCCC(O)(c1ccc(Cl)cc1)C(C)C(F)F. The molecule has 2 unspecified atom stereocenters. The third-order valence-corrected chi connectivity index (χ3v) is 3.36. The highest BCUT2D eigenvalue weighted by atomic mass is 35.5. The van der Waals surface area contributed by atoms with Gasteiger partial charge < -0.3 is 5.11 Å². The lowest BCUT2D eigenvalue weighted by Gasteiger charge is -2.34. The molecule has 1 rings (SSSR count). The molecule has 17 heavy (non-hydrogen) atoms. The Hall–Kier alpha value is -0.670. The van der Waals surface area contributed by atoms with Crippen LogP contribution < -0.4 is 0 Å². The van der Waals surface area contributed by atoms with Gasteiger partial charge >= 0.3 is 0 Å². The molecule has 0 heterocycles. The van der Waals surface area contributed by atoms with Crippen molar-refractivity contribution in [3.63, 3.8) is 0 Å². The van der Waals surface area contributed by atoms with E-state index in [1.165, 1.54) is 6.92 Å². The zero-order valence-corrected chi connectivity index (χ0v) is 10.7. The molecule has 0 saturated heterocycles. The highest BCUT2D eigenvalue weighted by Gasteiger charge is 2.39. The van der Waals surface area contributed by atoms with Crippen LogP contribution in [0.4, 0.5) is 8.78 Å². The molecule has 96 valence electrons. The molecular weight excluding hydrogens is 246 g/mol. The fourth-order valence-corrected chi connectivity index (χ4v) is 2.09. The van der Waals surface area contributed by atoms with Crippen LogP contribution in [0, 0.1) is 5.92 Å². The Kier molecular flexibility index (Phi) is 4.90. The minimum absolute atomic E-state index is 0.306. The van der Waals surface area contributed by atoms with Crippen LogP contribution in [0.3, 0.4) is 0 Å². The van der Waals surface area contributed by atoms with E-state index in [0.29, 0.717) is 23.4 Å². The molecule has 0 aliphatic rings. The van der Waals surface area contributed by atoms with Crippen LogP contribution in [0.5, 0.6) is 0 Å². The maximum Gasteiger partial charge on any atom is 0.244 e. The van der Waals surface area contributed by atoms with Gasteiger partial charge in [0.1, 0.15) is 0 Å². The fourth-order valence-electron chi connectivity index (χ4n) is 1.96. The molecule has 1 N–H and O–H groups in total. The van der Waals surface area contributed by atoms with E-state index in [9.17, 15) is 13.9 Å². The summed E-state index contributed by atoms with van der Waals surface area (Å²) >= 11 is 5.75. The zero-order chi connectivity index (χ0) is 13.1. The summed E-state index contributed by atoms with van der Waals surface area (Å²) in [6.07, 6.45) is -1.61. The smallest absolute Gasteiger partial charge is 0.244 e. The summed E-state index contributed by atoms with van der Waals surface area (Å²) < 4.78 is 25.7. The van der Waals surface area contributed by atoms with Gasteiger partial charge in [0.25, 0.3) is 0 Å². The lowest BCUT2D eigenvalue weighted by molar-refractivity contribution is -0.0879. The molecule has 0 fully saturated rings. The molecule has 4 heteroatoms. The lowest BCUT2D eigenvalue weighted by atomic mass is 9.79. The fraction of sp³-hybridized carbons (Fsp3) is 0.538. The lowest BCUT2D eigenvalue weighted by Crippen LogP contribution is -2.37. The predicted molar refractivity (Wildman–Crippen MR) is 65.4 cm³/mol. The van der Waals surface area contributed by atoms with Gasteiger partial charge in [-0.2, -0.15) is 0 Å². The highest BCUT2D eigenvalue weighted by molar-refractivity contribution is 6.30. The summed E-state index contributed by atoms with van der Waals surface area (Å²) in [5.41, 5.74) is -0.996. The molecule has 0 aromatic heterocycles. The maximum atomic E-state index is 12.8. The van der Waals surface area contributed by atoms with Crippen molar-refractivity contribution in [1.29, 1.82) is 0 Å². The first-order chi connectivity index (χ1) is 7.91. The van der Waals surface area contributed by atoms with Crippen molar-refractivity contribution in [3.05, 3.63) is 34.9 Å². The van der Waals surface area contributed by atoms with Gasteiger partial charge in [0.05, 0.1) is 11.5 Å². The third kappa shape index (κ3) is 3.17. The van der Waals surface area contributed by atoms with E-state index >= 15 is 0 Å². The van der Waals surface area contributed by atoms with Crippen LogP contribution in [0.2, 0.25) is 5.02 Å². The standard InChI is InChI=1S/C13H17ClF2O/c1-3-8-13(17,9(2)12(15)16)10-4-6-11(14)7-5-10/h4-7,9,12,17H,3,8H2,1-2H3. The zero-order valence-electron chi connectivity index (χ0n) is 9.96. The van der Waals surface area contributed by atoms with E-state index in [1.54, 1.807) is 24.3 Å². The molecular formula is C13H17ClF2O. The quantitative estimate of drug-likeness (QED) is 0.842. The largest absolute Gasteiger partial charge is 0.385 e. The number of rotatable bonds is 5. The van der Waals surface area contributed by atoms with E-state index in [4.69, 9.17) is 11.6 Å².